The Labute approximate surface area is 127 Å². The van der Waals surface area contributed by atoms with E-state index in [-0.39, 0.29) is 16.9 Å². The van der Waals surface area contributed by atoms with Gasteiger partial charge in [-0.2, -0.15) is 0 Å². The monoisotopic (exact) mass is 314 g/mol. The molecule has 1 saturated carbocycles. The van der Waals surface area contributed by atoms with Crippen LogP contribution in [0.2, 0.25) is 0 Å². The van der Waals surface area contributed by atoms with Crippen molar-refractivity contribution in [1.82, 2.24) is 10.2 Å². The molecule has 6 heteroatoms. The van der Waals surface area contributed by atoms with E-state index in [0.29, 0.717) is 5.41 Å². The molecule has 2 saturated heterocycles. The highest BCUT2D eigenvalue weighted by molar-refractivity contribution is 7.92. The molecule has 2 heterocycles. The lowest BCUT2D eigenvalue weighted by Crippen LogP contribution is -2.46. The molecule has 0 aromatic rings. The summed E-state index contributed by atoms with van der Waals surface area (Å²) >= 11 is 0. The summed E-state index contributed by atoms with van der Waals surface area (Å²) < 4.78 is 24.6. The number of amides is 1. The summed E-state index contributed by atoms with van der Waals surface area (Å²) in [6, 6.07) is 0. The fraction of sp³-hybridized carbons (Fsp3) is 0.933. The molecule has 3 aliphatic rings. The first kappa shape index (κ1) is 15.3. The lowest BCUT2D eigenvalue weighted by atomic mass is 9.78. The number of nitrogens with zero attached hydrogens (tertiary/aromatic N) is 1. The van der Waals surface area contributed by atoms with Gasteiger partial charge in [0.15, 0.2) is 9.84 Å². The second kappa shape index (κ2) is 5.88. The third-order valence-electron chi connectivity index (χ3n) is 5.64. The Morgan fingerprint density at radius 3 is 2.38 bits per heavy atom. The van der Waals surface area contributed by atoms with Gasteiger partial charge in [-0.3, -0.25) is 4.79 Å². The second-order valence-electron chi connectivity index (χ2n) is 7.02. The van der Waals surface area contributed by atoms with Crippen molar-refractivity contribution in [2.45, 2.75) is 50.2 Å². The number of sulfone groups is 1. The molecule has 0 aromatic heterocycles. The van der Waals surface area contributed by atoms with Crippen LogP contribution >= 0.6 is 0 Å². The largest absolute Gasteiger partial charge is 0.342 e. The molecule has 0 unspecified atom stereocenters. The fourth-order valence-electron chi connectivity index (χ4n) is 4.08. The molecule has 3 fully saturated rings. The van der Waals surface area contributed by atoms with Crippen LogP contribution in [-0.2, 0) is 14.6 Å². The van der Waals surface area contributed by atoms with E-state index in [0.717, 1.165) is 64.7 Å². The van der Waals surface area contributed by atoms with Gasteiger partial charge in [-0.1, -0.05) is 12.8 Å². The van der Waals surface area contributed by atoms with Crippen LogP contribution in [0.1, 0.15) is 44.9 Å². The second-order valence-corrected chi connectivity index (χ2v) is 9.30. The summed E-state index contributed by atoms with van der Waals surface area (Å²) in [5.41, 5.74) is 0.362. The maximum Gasteiger partial charge on any atom is 0.237 e. The van der Waals surface area contributed by atoms with Crippen LogP contribution in [0.15, 0.2) is 0 Å². The quantitative estimate of drug-likeness (QED) is 0.842. The van der Waals surface area contributed by atoms with Crippen molar-refractivity contribution in [3.8, 4) is 0 Å². The van der Waals surface area contributed by atoms with Gasteiger partial charge in [0.05, 0.1) is 5.25 Å². The van der Waals surface area contributed by atoms with E-state index in [1.165, 1.54) is 6.42 Å². The van der Waals surface area contributed by atoms with Crippen molar-refractivity contribution in [2.75, 3.05) is 31.9 Å². The Kier molecular flexibility index (Phi) is 4.28. The predicted octanol–water partition coefficient (Wildman–Crippen LogP) is 0.946. The zero-order valence-corrected chi connectivity index (χ0v) is 13.5. The average molecular weight is 314 g/mol. The SMILES string of the molecule is O=C(CS(=O)(=O)C1CCCC1)N1CCC2(CCNC2)CC1. The molecule has 0 atom stereocenters. The maximum atomic E-state index is 12.3. The summed E-state index contributed by atoms with van der Waals surface area (Å²) in [6.45, 7) is 3.57. The van der Waals surface area contributed by atoms with Crippen LogP contribution in [0.25, 0.3) is 0 Å². The highest BCUT2D eigenvalue weighted by Gasteiger charge is 2.39. The molecule has 1 aliphatic carbocycles. The number of carbonyl (C=O) groups is 1. The molecule has 0 radical (unpaired) electrons. The number of hydrogen-bond donors (Lipinski definition) is 1. The Balaban J connectivity index is 1.54. The smallest absolute Gasteiger partial charge is 0.237 e. The van der Waals surface area contributed by atoms with Gasteiger partial charge in [0.2, 0.25) is 5.91 Å². The first-order chi connectivity index (χ1) is 10.0. The van der Waals surface area contributed by atoms with Crippen molar-refractivity contribution in [1.29, 1.82) is 0 Å². The molecular weight excluding hydrogens is 288 g/mol. The van der Waals surface area contributed by atoms with Gasteiger partial charge in [-0.15, -0.1) is 0 Å². The molecule has 5 nitrogen and oxygen atoms in total. The van der Waals surface area contributed by atoms with Gasteiger partial charge in [0.1, 0.15) is 5.75 Å². The number of carbonyl (C=O) groups excluding carboxylic acids is 1. The number of likely N-dealkylation sites (tertiary alicyclic amines) is 1. The van der Waals surface area contributed by atoms with Crippen molar-refractivity contribution in [2.24, 2.45) is 5.41 Å². The van der Waals surface area contributed by atoms with E-state index < -0.39 is 9.84 Å². The van der Waals surface area contributed by atoms with Gasteiger partial charge in [0.25, 0.3) is 0 Å². The van der Waals surface area contributed by atoms with Gasteiger partial charge in [-0.05, 0) is 44.1 Å². The Bertz CT molecular complexity index is 481. The summed E-state index contributed by atoms with van der Waals surface area (Å²) in [6.07, 6.45) is 6.66. The Morgan fingerprint density at radius 2 is 1.81 bits per heavy atom. The van der Waals surface area contributed by atoms with Crippen molar-refractivity contribution in [3.05, 3.63) is 0 Å². The minimum Gasteiger partial charge on any atom is -0.342 e. The van der Waals surface area contributed by atoms with Crippen LogP contribution in [0.4, 0.5) is 0 Å². The van der Waals surface area contributed by atoms with E-state index in [1.54, 1.807) is 4.90 Å². The fourth-order valence-corrected chi connectivity index (χ4v) is 5.90. The van der Waals surface area contributed by atoms with E-state index in [2.05, 4.69) is 5.32 Å². The van der Waals surface area contributed by atoms with Gasteiger partial charge in [0, 0.05) is 19.6 Å². The molecular formula is C15H26N2O3S. The van der Waals surface area contributed by atoms with Crippen LogP contribution in [0.5, 0.6) is 0 Å². The summed E-state index contributed by atoms with van der Waals surface area (Å²) in [7, 11) is -3.24. The molecule has 1 spiro atoms. The number of nitrogens with one attached hydrogen (secondary N) is 1. The van der Waals surface area contributed by atoms with E-state index in [4.69, 9.17) is 0 Å². The molecule has 120 valence electrons. The van der Waals surface area contributed by atoms with Crippen LogP contribution < -0.4 is 5.32 Å². The third kappa shape index (κ3) is 3.26. The summed E-state index contributed by atoms with van der Waals surface area (Å²) in [4.78, 5) is 14.1. The normalized spacial score (nSPS) is 26.6. The first-order valence-electron chi connectivity index (χ1n) is 8.21. The highest BCUT2D eigenvalue weighted by Crippen LogP contribution is 2.37. The Morgan fingerprint density at radius 1 is 1.14 bits per heavy atom. The van der Waals surface area contributed by atoms with E-state index in [9.17, 15) is 13.2 Å². The minimum atomic E-state index is -3.24. The van der Waals surface area contributed by atoms with Gasteiger partial charge >= 0.3 is 0 Å². The molecule has 3 rings (SSSR count). The van der Waals surface area contributed by atoms with E-state index in [1.807, 2.05) is 0 Å². The standard InChI is InChI=1S/C15H26N2O3S/c18-14(11-21(19,20)13-3-1-2-4-13)17-9-6-15(7-10-17)5-8-16-12-15/h13,16H,1-12H2. The zero-order chi connectivity index (χ0) is 14.9. The highest BCUT2D eigenvalue weighted by atomic mass is 32.2. The molecule has 0 aromatic carbocycles. The molecule has 1 amide bonds. The predicted molar refractivity (Wildman–Crippen MR) is 81.8 cm³/mol. The first-order valence-corrected chi connectivity index (χ1v) is 9.92. The average Bonchev–Trinajstić information content (AvgIpc) is 3.11. The van der Waals surface area contributed by atoms with Crippen LogP contribution in [-0.4, -0.2) is 56.4 Å². The molecule has 2 aliphatic heterocycles. The number of rotatable bonds is 3. The van der Waals surface area contributed by atoms with Crippen LogP contribution in [0, 0.1) is 5.41 Å². The van der Waals surface area contributed by atoms with E-state index >= 15 is 0 Å². The number of hydrogen-bond acceptors (Lipinski definition) is 4. The lowest BCUT2D eigenvalue weighted by Gasteiger charge is -2.39. The maximum absolute atomic E-state index is 12.3. The molecule has 0 bridgehead atoms. The van der Waals surface area contributed by atoms with Crippen LogP contribution in [0.3, 0.4) is 0 Å². The number of piperidine rings is 1. The van der Waals surface area contributed by atoms with Gasteiger partial charge in [-0.25, -0.2) is 8.42 Å². The minimum absolute atomic E-state index is 0.178. The van der Waals surface area contributed by atoms with Gasteiger partial charge < -0.3 is 10.2 Å². The third-order valence-corrected chi connectivity index (χ3v) is 7.78. The molecule has 21 heavy (non-hydrogen) atoms. The molecule has 1 N–H and O–H groups in total. The van der Waals surface area contributed by atoms with Crippen molar-refractivity contribution in [3.63, 3.8) is 0 Å². The van der Waals surface area contributed by atoms with Crippen molar-refractivity contribution >= 4 is 15.7 Å². The summed E-state index contributed by atoms with van der Waals surface area (Å²) in [5.74, 6) is -0.453. The van der Waals surface area contributed by atoms with Crippen molar-refractivity contribution < 1.29 is 13.2 Å². The Hall–Kier alpha value is -0.620. The topological polar surface area (TPSA) is 66.5 Å². The zero-order valence-electron chi connectivity index (χ0n) is 12.6. The summed E-state index contributed by atoms with van der Waals surface area (Å²) in [5, 5.41) is 3.14. The lowest BCUT2D eigenvalue weighted by molar-refractivity contribution is -0.130.